The first-order valence-electron chi connectivity index (χ1n) is 5.83. The molecule has 3 amide bonds. The van der Waals surface area contributed by atoms with Gasteiger partial charge >= 0.3 is 6.03 Å². The molecule has 0 bridgehead atoms. The monoisotopic (exact) mass is 296 g/mol. The Kier molecular flexibility index (Phi) is 4.50. The summed E-state index contributed by atoms with van der Waals surface area (Å²) in [6.45, 7) is 0.381. The number of benzene rings is 1. The van der Waals surface area contributed by atoms with Crippen LogP contribution in [0, 0.1) is 0 Å². The Morgan fingerprint density at radius 2 is 1.95 bits per heavy atom. The molecule has 0 saturated carbocycles. The zero-order chi connectivity index (χ0) is 13.8. The quantitative estimate of drug-likeness (QED) is 0.510. The van der Waals surface area contributed by atoms with Crippen molar-refractivity contribution in [1.82, 2.24) is 10.2 Å². The fraction of sp³-hybridized carbons (Fsp3) is 0.231. The number of hydrogen-bond acceptors (Lipinski definition) is 3. The van der Waals surface area contributed by atoms with Gasteiger partial charge in [0.15, 0.2) is 0 Å². The molecule has 1 N–H and O–H groups in total. The third-order valence-electron chi connectivity index (χ3n) is 2.68. The van der Waals surface area contributed by atoms with Crippen molar-refractivity contribution in [3.8, 4) is 0 Å². The highest BCUT2D eigenvalue weighted by molar-refractivity contribution is 7.80. The average molecular weight is 297 g/mol. The summed E-state index contributed by atoms with van der Waals surface area (Å²) < 4.78 is 0. The lowest BCUT2D eigenvalue weighted by Crippen LogP contribution is -2.31. The van der Waals surface area contributed by atoms with Crippen LogP contribution < -0.4 is 5.32 Å². The number of rotatable bonds is 4. The van der Waals surface area contributed by atoms with Crippen molar-refractivity contribution in [2.75, 3.05) is 12.3 Å². The van der Waals surface area contributed by atoms with E-state index in [-0.39, 0.29) is 17.6 Å². The van der Waals surface area contributed by atoms with Gasteiger partial charge in [-0.15, -0.1) is 0 Å². The van der Waals surface area contributed by atoms with Gasteiger partial charge in [-0.3, -0.25) is 9.69 Å². The minimum absolute atomic E-state index is 0.284. The number of urea groups is 1. The van der Waals surface area contributed by atoms with Crippen molar-refractivity contribution in [1.29, 1.82) is 0 Å². The van der Waals surface area contributed by atoms with Crippen LogP contribution in [0.2, 0.25) is 5.02 Å². The van der Waals surface area contributed by atoms with E-state index in [0.717, 1.165) is 5.56 Å². The van der Waals surface area contributed by atoms with Gasteiger partial charge < -0.3 is 5.32 Å². The van der Waals surface area contributed by atoms with Crippen molar-refractivity contribution in [3.05, 3.63) is 40.5 Å². The first-order valence-corrected chi connectivity index (χ1v) is 6.84. The molecule has 0 atom stereocenters. The maximum absolute atomic E-state index is 12.0. The molecule has 19 heavy (non-hydrogen) atoms. The Morgan fingerprint density at radius 3 is 2.58 bits per heavy atom. The zero-order valence-corrected chi connectivity index (χ0v) is 11.7. The van der Waals surface area contributed by atoms with Crippen LogP contribution in [0.25, 0.3) is 6.08 Å². The number of imide groups is 1. The standard InChI is InChI=1S/C13H13ClN2O2S/c14-10-4-2-9(3-5-10)8-11-12(17)16(6-1-7-19)13(18)15-11/h2-5,8,19H,1,6-7H2,(H,15,18)/b11-8+. The molecule has 6 heteroatoms. The van der Waals surface area contributed by atoms with E-state index in [4.69, 9.17) is 11.6 Å². The Hall–Kier alpha value is -1.46. The van der Waals surface area contributed by atoms with Gasteiger partial charge in [0.05, 0.1) is 0 Å². The molecule has 1 aliphatic rings. The van der Waals surface area contributed by atoms with E-state index in [1.807, 2.05) is 0 Å². The Bertz CT molecular complexity index is 528. The van der Waals surface area contributed by atoms with Crippen LogP contribution in [-0.4, -0.2) is 29.1 Å². The summed E-state index contributed by atoms with van der Waals surface area (Å²) in [5.41, 5.74) is 1.09. The van der Waals surface area contributed by atoms with Gasteiger partial charge in [0, 0.05) is 11.6 Å². The fourth-order valence-corrected chi connectivity index (χ4v) is 2.00. The lowest BCUT2D eigenvalue weighted by molar-refractivity contribution is -0.122. The molecular formula is C13H13ClN2O2S. The molecule has 0 radical (unpaired) electrons. The highest BCUT2D eigenvalue weighted by Crippen LogP contribution is 2.16. The zero-order valence-electron chi connectivity index (χ0n) is 10.1. The molecule has 0 spiro atoms. The van der Waals surface area contributed by atoms with Crippen molar-refractivity contribution in [2.24, 2.45) is 0 Å². The van der Waals surface area contributed by atoms with E-state index in [9.17, 15) is 9.59 Å². The molecule has 4 nitrogen and oxygen atoms in total. The first kappa shape index (κ1) is 14.0. The maximum atomic E-state index is 12.0. The normalized spacial score (nSPS) is 17.2. The summed E-state index contributed by atoms with van der Waals surface area (Å²) in [6.07, 6.45) is 2.31. The maximum Gasteiger partial charge on any atom is 0.329 e. The summed E-state index contributed by atoms with van der Waals surface area (Å²) in [5.74, 6) is 0.328. The molecular weight excluding hydrogens is 284 g/mol. The minimum Gasteiger partial charge on any atom is -0.303 e. The molecule has 1 fully saturated rings. The van der Waals surface area contributed by atoms with E-state index >= 15 is 0 Å². The van der Waals surface area contributed by atoms with Gasteiger partial charge in [-0.25, -0.2) is 4.79 Å². The molecule has 1 aliphatic heterocycles. The molecule has 0 unspecified atom stereocenters. The van der Waals surface area contributed by atoms with Crippen LogP contribution in [0.1, 0.15) is 12.0 Å². The second-order valence-electron chi connectivity index (χ2n) is 4.07. The van der Waals surface area contributed by atoms with Gasteiger partial charge in [0.25, 0.3) is 5.91 Å². The predicted molar refractivity (Wildman–Crippen MR) is 78.1 cm³/mol. The SMILES string of the molecule is O=C1N/C(=C/c2ccc(Cl)cc2)C(=O)N1CCCS. The first-order chi connectivity index (χ1) is 9.11. The van der Waals surface area contributed by atoms with Crippen LogP contribution in [-0.2, 0) is 4.79 Å². The van der Waals surface area contributed by atoms with Gasteiger partial charge in [-0.2, -0.15) is 12.6 Å². The van der Waals surface area contributed by atoms with Crippen molar-refractivity contribution in [2.45, 2.75) is 6.42 Å². The summed E-state index contributed by atoms with van der Waals surface area (Å²) >= 11 is 9.86. The van der Waals surface area contributed by atoms with Crippen LogP contribution >= 0.6 is 24.2 Å². The lowest BCUT2D eigenvalue weighted by atomic mass is 10.2. The Labute approximate surface area is 121 Å². The molecule has 1 aromatic rings. The number of thiol groups is 1. The molecule has 1 heterocycles. The van der Waals surface area contributed by atoms with Crippen molar-refractivity contribution >= 4 is 42.2 Å². The number of hydrogen-bond donors (Lipinski definition) is 2. The second-order valence-corrected chi connectivity index (χ2v) is 4.96. The second kappa shape index (κ2) is 6.12. The van der Waals surface area contributed by atoms with E-state index in [1.165, 1.54) is 4.90 Å². The van der Waals surface area contributed by atoms with Gasteiger partial charge in [0.2, 0.25) is 0 Å². The minimum atomic E-state index is -0.382. The number of amides is 3. The van der Waals surface area contributed by atoms with Crippen molar-refractivity contribution < 1.29 is 9.59 Å². The Balaban J connectivity index is 2.16. The van der Waals surface area contributed by atoms with Crippen LogP contribution in [0.15, 0.2) is 30.0 Å². The number of nitrogens with one attached hydrogen (secondary N) is 1. The molecule has 0 aliphatic carbocycles. The van der Waals surface area contributed by atoms with E-state index < -0.39 is 0 Å². The smallest absolute Gasteiger partial charge is 0.303 e. The van der Waals surface area contributed by atoms with Gasteiger partial charge in [-0.05, 0) is 35.9 Å². The van der Waals surface area contributed by atoms with E-state index in [0.29, 0.717) is 23.7 Å². The van der Waals surface area contributed by atoms with Gasteiger partial charge in [-0.1, -0.05) is 23.7 Å². The predicted octanol–water partition coefficient (Wildman–Crippen LogP) is 2.55. The summed E-state index contributed by atoms with van der Waals surface area (Å²) in [7, 11) is 0. The molecule has 2 rings (SSSR count). The van der Waals surface area contributed by atoms with E-state index in [2.05, 4.69) is 17.9 Å². The molecule has 0 aromatic heterocycles. The number of carbonyl (C=O) groups excluding carboxylic acids is 2. The number of nitrogens with zero attached hydrogens (tertiary/aromatic N) is 1. The highest BCUT2D eigenvalue weighted by Gasteiger charge is 2.32. The third kappa shape index (κ3) is 3.30. The summed E-state index contributed by atoms with van der Waals surface area (Å²) in [6, 6.07) is 6.64. The van der Waals surface area contributed by atoms with Crippen molar-refractivity contribution in [3.63, 3.8) is 0 Å². The van der Waals surface area contributed by atoms with Crippen LogP contribution in [0.5, 0.6) is 0 Å². The van der Waals surface area contributed by atoms with Crippen LogP contribution in [0.3, 0.4) is 0 Å². The fourth-order valence-electron chi connectivity index (χ4n) is 1.73. The molecule has 100 valence electrons. The Morgan fingerprint density at radius 1 is 1.26 bits per heavy atom. The van der Waals surface area contributed by atoms with Gasteiger partial charge in [0.1, 0.15) is 5.70 Å². The largest absolute Gasteiger partial charge is 0.329 e. The highest BCUT2D eigenvalue weighted by atomic mass is 35.5. The van der Waals surface area contributed by atoms with Crippen LogP contribution in [0.4, 0.5) is 4.79 Å². The average Bonchev–Trinajstić information content (AvgIpc) is 2.65. The molecule has 1 saturated heterocycles. The lowest BCUT2D eigenvalue weighted by Gasteiger charge is -2.09. The summed E-state index contributed by atoms with van der Waals surface area (Å²) in [5, 5.41) is 3.19. The third-order valence-corrected chi connectivity index (χ3v) is 3.25. The topological polar surface area (TPSA) is 49.4 Å². The van der Waals surface area contributed by atoms with E-state index in [1.54, 1.807) is 30.3 Å². The summed E-state index contributed by atoms with van der Waals surface area (Å²) in [4.78, 5) is 24.9. The molecule has 1 aromatic carbocycles. The number of halogens is 1. The number of carbonyl (C=O) groups is 2.